The monoisotopic (exact) mass is 435 g/mol. The van der Waals surface area contributed by atoms with Crippen molar-refractivity contribution in [3.05, 3.63) is 71.1 Å². The summed E-state index contributed by atoms with van der Waals surface area (Å²) in [5.41, 5.74) is 8.09. The smallest absolute Gasteiger partial charge is 0.253 e. The van der Waals surface area contributed by atoms with Gasteiger partial charge in [-0.15, -0.1) is 0 Å². The van der Waals surface area contributed by atoms with Gasteiger partial charge in [0.1, 0.15) is 11.6 Å². The summed E-state index contributed by atoms with van der Waals surface area (Å²) in [4.78, 5) is 21.0. The molecule has 2 aromatic carbocycles. The molecule has 2 aromatic heterocycles. The number of hydrogen-bond donors (Lipinski definition) is 3. The number of nitrogens with one attached hydrogen (secondary N) is 2. The number of nitrogens with two attached hydrogens (primary N) is 1. The Kier molecular flexibility index (Phi) is 4.89. The molecule has 1 amide bonds. The maximum atomic E-state index is 14.2. The molecule has 4 N–H and O–H groups in total. The van der Waals surface area contributed by atoms with E-state index in [1.165, 1.54) is 29.1 Å². The predicted molar refractivity (Wildman–Crippen MR) is 116 cm³/mol. The first-order valence-electron chi connectivity index (χ1n) is 10.1. The second-order valence-electron chi connectivity index (χ2n) is 7.51. The fraction of sp³-hybridized carbons (Fsp3) is 0.182. The van der Waals surface area contributed by atoms with Crippen molar-refractivity contribution in [3.8, 4) is 5.95 Å². The number of anilines is 2. The van der Waals surface area contributed by atoms with Gasteiger partial charge in [-0.2, -0.15) is 14.8 Å². The Labute approximate surface area is 181 Å². The van der Waals surface area contributed by atoms with Gasteiger partial charge < -0.3 is 16.4 Å². The van der Waals surface area contributed by atoms with Gasteiger partial charge in [0.2, 0.25) is 5.91 Å². The maximum absolute atomic E-state index is 14.2. The Balaban J connectivity index is 1.59. The quantitative estimate of drug-likeness (QED) is 0.444. The molecule has 0 saturated heterocycles. The van der Waals surface area contributed by atoms with E-state index in [0.29, 0.717) is 23.3 Å². The van der Waals surface area contributed by atoms with Gasteiger partial charge in [-0.05, 0) is 36.6 Å². The first-order chi connectivity index (χ1) is 15.5. The number of carbonyl (C=O) groups is 1. The van der Waals surface area contributed by atoms with E-state index in [2.05, 4.69) is 25.7 Å². The molecule has 10 heteroatoms. The van der Waals surface area contributed by atoms with Crippen LogP contribution in [0.15, 0.2) is 42.6 Å². The number of fused-ring (bicyclic) bond motifs is 2. The van der Waals surface area contributed by atoms with Gasteiger partial charge in [-0.1, -0.05) is 12.1 Å². The van der Waals surface area contributed by atoms with E-state index in [9.17, 15) is 13.6 Å². The summed E-state index contributed by atoms with van der Waals surface area (Å²) >= 11 is 0. The van der Waals surface area contributed by atoms with Crippen molar-refractivity contribution >= 4 is 28.3 Å². The molecule has 8 nitrogen and oxygen atoms in total. The number of aryl methyl sites for hydroxylation is 1. The minimum atomic E-state index is -0.748. The van der Waals surface area contributed by atoms with Gasteiger partial charge in [0, 0.05) is 24.5 Å². The standard InChI is InChI=1S/C22H19F2N7O/c23-13-4-1-3-12(7-13)10-27-21-19-17(5-2-6-26-19)29-22(30-21)31-18-9-14(24)8-15(20(25)32)16(18)11-28-31/h1,3-4,7-9,11,26H,2,5-6,10H2,(H2,25,32)(H,27,29,30). The average Bonchev–Trinajstić information content (AvgIpc) is 3.20. The van der Waals surface area contributed by atoms with E-state index in [0.717, 1.165) is 42.4 Å². The van der Waals surface area contributed by atoms with Gasteiger partial charge in [-0.25, -0.2) is 13.8 Å². The number of primary amides is 1. The topological polar surface area (TPSA) is 111 Å². The van der Waals surface area contributed by atoms with Crippen molar-refractivity contribution in [1.82, 2.24) is 19.7 Å². The molecule has 162 valence electrons. The summed E-state index contributed by atoms with van der Waals surface area (Å²) in [6.45, 7) is 1.13. The predicted octanol–water partition coefficient (Wildman–Crippen LogP) is 3.16. The molecule has 3 heterocycles. The minimum absolute atomic E-state index is 0.0373. The number of nitrogens with zero attached hydrogens (tertiary/aromatic N) is 4. The summed E-state index contributed by atoms with van der Waals surface area (Å²) in [6, 6.07) is 8.64. The van der Waals surface area contributed by atoms with Crippen molar-refractivity contribution in [3.63, 3.8) is 0 Å². The molecular formula is C22H19F2N7O. The van der Waals surface area contributed by atoms with E-state index in [1.807, 2.05) is 6.07 Å². The lowest BCUT2D eigenvalue weighted by atomic mass is 10.1. The molecule has 4 aromatic rings. The largest absolute Gasteiger partial charge is 0.381 e. The molecule has 0 radical (unpaired) electrons. The number of halogens is 2. The lowest BCUT2D eigenvalue weighted by molar-refractivity contribution is 0.100. The van der Waals surface area contributed by atoms with Crippen LogP contribution in [0.3, 0.4) is 0 Å². The van der Waals surface area contributed by atoms with Gasteiger partial charge in [0.05, 0.1) is 28.7 Å². The van der Waals surface area contributed by atoms with Crippen molar-refractivity contribution in [2.24, 2.45) is 5.73 Å². The summed E-state index contributed by atoms with van der Waals surface area (Å²) < 4.78 is 29.1. The molecule has 0 saturated carbocycles. The zero-order valence-electron chi connectivity index (χ0n) is 16.9. The van der Waals surface area contributed by atoms with Crippen molar-refractivity contribution in [1.29, 1.82) is 0 Å². The lowest BCUT2D eigenvalue weighted by Crippen LogP contribution is -2.19. The lowest BCUT2D eigenvalue weighted by Gasteiger charge is -2.21. The highest BCUT2D eigenvalue weighted by Gasteiger charge is 2.21. The van der Waals surface area contributed by atoms with Crippen molar-refractivity contribution in [2.45, 2.75) is 19.4 Å². The van der Waals surface area contributed by atoms with Crippen LogP contribution in [-0.4, -0.2) is 32.2 Å². The molecule has 5 rings (SSSR count). The van der Waals surface area contributed by atoms with Gasteiger partial charge in [-0.3, -0.25) is 4.79 Å². The van der Waals surface area contributed by atoms with E-state index in [4.69, 9.17) is 5.73 Å². The maximum Gasteiger partial charge on any atom is 0.253 e. The normalized spacial score (nSPS) is 12.9. The van der Waals surface area contributed by atoms with Gasteiger partial charge in [0.25, 0.3) is 5.95 Å². The van der Waals surface area contributed by atoms with Crippen molar-refractivity contribution in [2.75, 3.05) is 17.2 Å². The first-order valence-corrected chi connectivity index (χ1v) is 10.1. The summed E-state index contributed by atoms with van der Waals surface area (Å²) in [7, 11) is 0. The minimum Gasteiger partial charge on any atom is -0.381 e. The van der Waals surface area contributed by atoms with Crippen LogP contribution in [0.2, 0.25) is 0 Å². The highest BCUT2D eigenvalue weighted by Crippen LogP contribution is 2.30. The summed E-state index contributed by atoms with van der Waals surface area (Å²) in [5.74, 6) is -0.920. The molecular weight excluding hydrogens is 416 g/mol. The molecule has 1 aliphatic rings. The number of rotatable bonds is 5. The van der Waals surface area contributed by atoms with E-state index >= 15 is 0 Å². The van der Waals surface area contributed by atoms with Crippen LogP contribution in [0.25, 0.3) is 16.9 Å². The Morgan fingerprint density at radius 3 is 2.88 bits per heavy atom. The fourth-order valence-corrected chi connectivity index (χ4v) is 3.84. The van der Waals surface area contributed by atoms with Crippen LogP contribution >= 0.6 is 0 Å². The number of hydrogen-bond acceptors (Lipinski definition) is 6. The highest BCUT2D eigenvalue weighted by atomic mass is 19.1. The third-order valence-corrected chi connectivity index (χ3v) is 5.32. The van der Waals surface area contributed by atoms with Crippen molar-refractivity contribution < 1.29 is 13.6 Å². The Morgan fingerprint density at radius 1 is 1.19 bits per heavy atom. The summed E-state index contributed by atoms with van der Waals surface area (Å²) in [6.07, 6.45) is 3.06. The van der Waals surface area contributed by atoms with Gasteiger partial charge in [0.15, 0.2) is 5.82 Å². The molecule has 0 aliphatic carbocycles. The molecule has 0 atom stereocenters. The zero-order chi connectivity index (χ0) is 22.2. The third kappa shape index (κ3) is 3.59. The van der Waals surface area contributed by atoms with E-state index in [1.54, 1.807) is 6.07 Å². The fourth-order valence-electron chi connectivity index (χ4n) is 3.84. The molecule has 0 bridgehead atoms. The molecule has 1 aliphatic heterocycles. The molecule has 0 unspecified atom stereocenters. The average molecular weight is 435 g/mol. The van der Waals surface area contributed by atoms with E-state index < -0.39 is 11.7 Å². The Morgan fingerprint density at radius 2 is 2.06 bits per heavy atom. The van der Waals surface area contributed by atoms with Crippen LogP contribution in [0.5, 0.6) is 0 Å². The molecule has 0 spiro atoms. The number of amides is 1. The molecule has 0 fully saturated rings. The highest BCUT2D eigenvalue weighted by molar-refractivity contribution is 6.05. The SMILES string of the molecule is NC(=O)c1cc(F)cc2c1cnn2-c1nc2c(c(NCc3cccc(F)c3)n1)NCCC2. The number of carbonyl (C=O) groups excluding carboxylic acids is 1. The number of benzene rings is 2. The zero-order valence-corrected chi connectivity index (χ0v) is 16.9. The molecule has 32 heavy (non-hydrogen) atoms. The Hall–Kier alpha value is -4.08. The number of aromatic nitrogens is 4. The van der Waals surface area contributed by atoms with Crippen LogP contribution in [0.4, 0.5) is 20.3 Å². The third-order valence-electron chi connectivity index (χ3n) is 5.32. The van der Waals surface area contributed by atoms with Crippen LogP contribution in [0.1, 0.15) is 28.0 Å². The van der Waals surface area contributed by atoms with Crippen LogP contribution in [0, 0.1) is 11.6 Å². The van der Waals surface area contributed by atoms with Crippen LogP contribution < -0.4 is 16.4 Å². The second-order valence-corrected chi connectivity index (χ2v) is 7.51. The Bertz CT molecular complexity index is 1350. The summed E-state index contributed by atoms with van der Waals surface area (Å²) in [5, 5.41) is 11.2. The van der Waals surface area contributed by atoms with Gasteiger partial charge >= 0.3 is 0 Å². The van der Waals surface area contributed by atoms with Crippen LogP contribution in [-0.2, 0) is 13.0 Å². The van der Waals surface area contributed by atoms with E-state index in [-0.39, 0.29) is 17.3 Å². The first kappa shape index (κ1) is 19.9. The second kappa shape index (κ2) is 7.88.